The summed E-state index contributed by atoms with van der Waals surface area (Å²) in [5.74, 6) is 0.494. The van der Waals surface area contributed by atoms with Gasteiger partial charge in [0.25, 0.3) is 6.23 Å². The predicted octanol–water partition coefficient (Wildman–Crippen LogP) is 2.18. The highest BCUT2D eigenvalue weighted by molar-refractivity contribution is 5.86. The van der Waals surface area contributed by atoms with Crippen molar-refractivity contribution in [2.24, 2.45) is 5.41 Å². The Kier molecular flexibility index (Phi) is 3.74. The molecule has 0 aliphatic carbocycles. The second kappa shape index (κ2) is 5.32. The third kappa shape index (κ3) is 3.14. The Balaban J connectivity index is 2.28. The van der Waals surface area contributed by atoms with Crippen LogP contribution in [0.5, 0.6) is 11.5 Å². The molecular weight excluding hydrogens is 258 g/mol. The summed E-state index contributed by atoms with van der Waals surface area (Å²) in [6.45, 7) is 5.46. The number of ether oxygens (including phenoxy) is 1. The van der Waals surface area contributed by atoms with Gasteiger partial charge in [0.1, 0.15) is 24.2 Å². The topological polar surface area (TPSA) is 77.2 Å². The number of carbonyl (C=O) groups excluding carboxylic acids is 1. The van der Waals surface area contributed by atoms with Gasteiger partial charge in [-0.1, -0.05) is 20.8 Å². The number of hydrogen-bond acceptors (Lipinski definition) is 5. The molecule has 1 atom stereocenters. The number of phenolic OH excluding ortho intramolecular Hbond substituents is 1. The number of Topliss-reactive ketones (excluding diaryl/α,β-unsaturated/α-hetero) is 1. The summed E-state index contributed by atoms with van der Waals surface area (Å²) in [6.07, 6.45) is 1.90. The first kappa shape index (κ1) is 14.0. The predicted molar refractivity (Wildman–Crippen MR) is 72.3 cm³/mol. The van der Waals surface area contributed by atoms with E-state index in [0.29, 0.717) is 5.75 Å². The first-order valence-corrected chi connectivity index (χ1v) is 6.22. The van der Waals surface area contributed by atoms with Gasteiger partial charge < -0.3 is 9.84 Å². The Hall–Kier alpha value is -2.37. The molecule has 6 heteroatoms. The van der Waals surface area contributed by atoms with Gasteiger partial charge in [-0.2, -0.15) is 5.10 Å². The molecule has 0 saturated heterocycles. The number of hydrogen-bond donors (Lipinski definition) is 1. The van der Waals surface area contributed by atoms with Gasteiger partial charge in [0.2, 0.25) is 5.78 Å². The number of aromatic nitrogens is 3. The van der Waals surface area contributed by atoms with E-state index in [2.05, 4.69) is 10.1 Å². The third-order valence-corrected chi connectivity index (χ3v) is 2.72. The molecule has 0 amide bonds. The molecule has 0 saturated carbocycles. The standard InChI is InChI=1S/C14H17N3O3/c1-14(2,3)12(19)13(17-9-15-8-16-17)20-11-6-4-10(18)5-7-11/h4-9,13,18H,1-3H3/t13-/m1/s1. The van der Waals surface area contributed by atoms with Gasteiger partial charge in [0.15, 0.2) is 0 Å². The van der Waals surface area contributed by atoms with Crippen LogP contribution in [0.4, 0.5) is 0 Å². The fourth-order valence-electron chi connectivity index (χ4n) is 1.59. The number of phenols is 1. The van der Waals surface area contributed by atoms with Gasteiger partial charge in [0, 0.05) is 5.41 Å². The number of ketones is 1. The minimum atomic E-state index is -0.887. The van der Waals surface area contributed by atoms with Crippen molar-refractivity contribution in [3.63, 3.8) is 0 Å². The molecule has 1 heterocycles. The van der Waals surface area contributed by atoms with E-state index in [0.717, 1.165) is 0 Å². The van der Waals surface area contributed by atoms with E-state index in [1.807, 2.05) is 20.8 Å². The van der Waals surface area contributed by atoms with Crippen molar-refractivity contribution >= 4 is 5.78 Å². The Bertz CT molecular complexity index is 571. The highest BCUT2D eigenvalue weighted by Crippen LogP contribution is 2.26. The normalized spacial score (nSPS) is 12.9. The smallest absolute Gasteiger partial charge is 0.252 e. The molecule has 0 spiro atoms. The van der Waals surface area contributed by atoms with Crippen LogP contribution in [0.2, 0.25) is 0 Å². The van der Waals surface area contributed by atoms with E-state index in [9.17, 15) is 9.90 Å². The van der Waals surface area contributed by atoms with Crippen LogP contribution in [0.1, 0.15) is 27.0 Å². The maximum Gasteiger partial charge on any atom is 0.252 e. The summed E-state index contributed by atoms with van der Waals surface area (Å²) in [6, 6.07) is 6.18. The lowest BCUT2D eigenvalue weighted by Crippen LogP contribution is -2.34. The first-order valence-electron chi connectivity index (χ1n) is 6.22. The highest BCUT2D eigenvalue weighted by atomic mass is 16.5. The molecule has 2 rings (SSSR count). The van der Waals surface area contributed by atoms with E-state index in [-0.39, 0.29) is 11.5 Å². The maximum atomic E-state index is 12.5. The number of rotatable bonds is 4. The van der Waals surface area contributed by atoms with Crippen LogP contribution in [-0.2, 0) is 4.79 Å². The number of nitrogens with zero attached hydrogens (tertiary/aromatic N) is 3. The van der Waals surface area contributed by atoms with Crippen LogP contribution in [0.3, 0.4) is 0 Å². The van der Waals surface area contributed by atoms with Crippen molar-refractivity contribution in [2.75, 3.05) is 0 Å². The number of carbonyl (C=O) groups is 1. The second-order valence-corrected chi connectivity index (χ2v) is 5.45. The van der Waals surface area contributed by atoms with Crippen LogP contribution in [-0.4, -0.2) is 25.7 Å². The minimum absolute atomic E-state index is 0.115. The molecule has 2 aromatic rings. The lowest BCUT2D eigenvalue weighted by atomic mass is 9.90. The van der Waals surface area contributed by atoms with Gasteiger partial charge in [0.05, 0.1) is 0 Å². The number of benzene rings is 1. The van der Waals surface area contributed by atoms with E-state index < -0.39 is 11.6 Å². The average molecular weight is 275 g/mol. The summed E-state index contributed by atoms with van der Waals surface area (Å²) >= 11 is 0. The van der Waals surface area contributed by atoms with E-state index in [4.69, 9.17) is 4.74 Å². The van der Waals surface area contributed by atoms with Crippen LogP contribution >= 0.6 is 0 Å². The molecule has 1 N–H and O–H groups in total. The molecule has 1 aromatic heterocycles. The van der Waals surface area contributed by atoms with Crippen molar-refractivity contribution < 1.29 is 14.6 Å². The van der Waals surface area contributed by atoms with Crippen LogP contribution in [0.25, 0.3) is 0 Å². The highest BCUT2D eigenvalue weighted by Gasteiger charge is 2.33. The maximum absolute atomic E-state index is 12.5. The monoisotopic (exact) mass is 275 g/mol. The van der Waals surface area contributed by atoms with Crippen molar-refractivity contribution in [2.45, 2.75) is 27.0 Å². The number of aromatic hydroxyl groups is 1. The summed E-state index contributed by atoms with van der Waals surface area (Å²) in [4.78, 5) is 16.3. The SMILES string of the molecule is CC(C)(C)C(=O)[C@@H](Oc1ccc(O)cc1)n1cncn1. The van der Waals surface area contributed by atoms with E-state index in [1.54, 1.807) is 12.1 Å². The minimum Gasteiger partial charge on any atom is -0.508 e. The second-order valence-electron chi connectivity index (χ2n) is 5.45. The quantitative estimate of drug-likeness (QED) is 0.925. The van der Waals surface area contributed by atoms with Gasteiger partial charge in [-0.25, -0.2) is 9.67 Å². The lowest BCUT2D eigenvalue weighted by molar-refractivity contribution is -0.138. The fourth-order valence-corrected chi connectivity index (χ4v) is 1.59. The van der Waals surface area contributed by atoms with E-state index in [1.165, 1.54) is 29.5 Å². The van der Waals surface area contributed by atoms with Crippen molar-refractivity contribution in [3.8, 4) is 11.5 Å². The van der Waals surface area contributed by atoms with Gasteiger partial charge in [-0.15, -0.1) is 0 Å². The van der Waals surface area contributed by atoms with Gasteiger partial charge in [-0.05, 0) is 24.3 Å². The Labute approximate surface area is 117 Å². The zero-order valence-electron chi connectivity index (χ0n) is 11.6. The molecule has 0 radical (unpaired) electrons. The van der Waals surface area contributed by atoms with Crippen LogP contribution in [0.15, 0.2) is 36.9 Å². The zero-order valence-corrected chi connectivity index (χ0v) is 11.6. The molecule has 0 aliphatic rings. The average Bonchev–Trinajstić information content (AvgIpc) is 2.90. The molecular formula is C14H17N3O3. The fraction of sp³-hybridized carbons (Fsp3) is 0.357. The summed E-state index contributed by atoms with van der Waals surface area (Å²) in [7, 11) is 0. The summed E-state index contributed by atoms with van der Waals surface area (Å²) < 4.78 is 7.08. The zero-order chi connectivity index (χ0) is 14.8. The van der Waals surface area contributed by atoms with E-state index >= 15 is 0 Å². The largest absolute Gasteiger partial charge is 0.508 e. The van der Waals surface area contributed by atoms with Gasteiger partial charge >= 0.3 is 0 Å². The van der Waals surface area contributed by atoms with Crippen molar-refractivity contribution in [1.82, 2.24) is 14.8 Å². The molecule has 106 valence electrons. The van der Waals surface area contributed by atoms with Crippen molar-refractivity contribution in [3.05, 3.63) is 36.9 Å². The lowest BCUT2D eigenvalue weighted by Gasteiger charge is -2.25. The van der Waals surface area contributed by atoms with Crippen LogP contribution < -0.4 is 4.74 Å². The van der Waals surface area contributed by atoms with Crippen molar-refractivity contribution in [1.29, 1.82) is 0 Å². The summed E-state index contributed by atoms with van der Waals surface area (Å²) in [5, 5.41) is 13.2. The molecule has 0 aliphatic heterocycles. The molecule has 1 aromatic carbocycles. The van der Waals surface area contributed by atoms with Gasteiger partial charge in [-0.3, -0.25) is 4.79 Å². The molecule has 20 heavy (non-hydrogen) atoms. The third-order valence-electron chi connectivity index (χ3n) is 2.72. The molecule has 0 fully saturated rings. The Morgan fingerprint density at radius 3 is 2.45 bits per heavy atom. The Morgan fingerprint density at radius 2 is 1.95 bits per heavy atom. The molecule has 0 unspecified atom stereocenters. The molecule has 0 bridgehead atoms. The van der Waals surface area contributed by atoms with Crippen LogP contribution in [0, 0.1) is 5.41 Å². The summed E-state index contributed by atoms with van der Waals surface area (Å²) in [5.41, 5.74) is -0.576. The molecule has 6 nitrogen and oxygen atoms in total. The first-order chi connectivity index (χ1) is 9.38. The Morgan fingerprint density at radius 1 is 1.30 bits per heavy atom.